The average molecular weight is 399 g/mol. The number of esters is 1. The van der Waals surface area contributed by atoms with E-state index in [1.807, 2.05) is 0 Å². The number of methoxy groups -OCH3 is 2. The van der Waals surface area contributed by atoms with E-state index in [-0.39, 0.29) is 12.6 Å². The van der Waals surface area contributed by atoms with Crippen molar-refractivity contribution in [3.05, 3.63) is 23.3 Å². The molecule has 0 aromatic heterocycles. The highest BCUT2D eigenvalue weighted by atomic mass is 32.2. The van der Waals surface area contributed by atoms with E-state index in [9.17, 15) is 4.79 Å². The molecule has 0 amide bonds. The zero-order valence-corrected chi connectivity index (χ0v) is 17.5. The van der Waals surface area contributed by atoms with Crippen molar-refractivity contribution in [2.45, 2.75) is 37.2 Å². The van der Waals surface area contributed by atoms with Crippen molar-refractivity contribution in [2.24, 2.45) is 0 Å². The van der Waals surface area contributed by atoms with Crippen molar-refractivity contribution in [2.75, 3.05) is 43.8 Å². The normalized spacial score (nSPS) is 18.2. The molecule has 0 atom stereocenters. The van der Waals surface area contributed by atoms with E-state index >= 15 is 0 Å². The summed E-state index contributed by atoms with van der Waals surface area (Å²) < 4.78 is 16.3. The van der Waals surface area contributed by atoms with Crippen molar-refractivity contribution >= 4 is 27.8 Å². The first-order valence-electron chi connectivity index (χ1n) is 9.37. The monoisotopic (exact) mass is 398 g/mol. The van der Waals surface area contributed by atoms with Crippen molar-refractivity contribution in [3.63, 3.8) is 0 Å². The molecule has 4 nitrogen and oxygen atoms in total. The Kier molecular flexibility index (Phi) is 7.43. The SMILES string of the molecule is COC(=O)COc1cc(C[S+]2CCCC2)c(OC)cc1C[S+]1CCCC1. The Bertz CT molecular complexity index is 608. The van der Waals surface area contributed by atoms with E-state index in [1.54, 1.807) is 7.11 Å². The molecule has 0 aliphatic carbocycles. The zero-order chi connectivity index (χ0) is 18.4. The second-order valence-electron chi connectivity index (χ2n) is 6.88. The lowest BCUT2D eigenvalue weighted by molar-refractivity contribution is -0.142. The molecule has 3 rings (SSSR count). The first kappa shape index (κ1) is 19.7. The second-order valence-corrected chi connectivity index (χ2v) is 11.5. The van der Waals surface area contributed by atoms with Crippen LogP contribution in [0.25, 0.3) is 0 Å². The molecule has 0 bridgehead atoms. The van der Waals surface area contributed by atoms with Gasteiger partial charge in [-0.05, 0) is 59.6 Å². The average Bonchev–Trinajstić information content (AvgIpc) is 3.35. The molecule has 2 fully saturated rings. The molecule has 2 saturated heterocycles. The molecule has 0 unspecified atom stereocenters. The lowest BCUT2D eigenvalue weighted by atomic mass is 10.1. The molecule has 0 spiro atoms. The van der Waals surface area contributed by atoms with E-state index in [1.165, 1.54) is 66.9 Å². The van der Waals surface area contributed by atoms with Gasteiger partial charge in [0.05, 0.1) is 14.2 Å². The molecule has 26 heavy (non-hydrogen) atoms. The molecule has 0 saturated carbocycles. The highest BCUT2D eigenvalue weighted by Gasteiger charge is 2.29. The van der Waals surface area contributed by atoms with Crippen molar-refractivity contribution in [3.8, 4) is 11.5 Å². The molecule has 0 N–H and O–H groups in total. The lowest BCUT2D eigenvalue weighted by Crippen LogP contribution is -2.16. The number of benzene rings is 1. The minimum Gasteiger partial charge on any atom is -0.496 e. The van der Waals surface area contributed by atoms with E-state index in [0.29, 0.717) is 21.8 Å². The van der Waals surface area contributed by atoms with Crippen LogP contribution in [0.15, 0.2) is 12.1 Å². The van der Waals surface area contributed by atoms with Crippen molar-refractivity contribution < 1.29 is 19.0 Å². The lowest BCUT2D eigenvalue weighted by Gasteiger charge is -2.15. The van der Waals surface area contributed by atoms with Crippen LogP contribution in [0, 0.1) is 0 Å². The smallest absolute Gasteiger partial charge is 0.343 e. The van der Waals surface area contributed by atoms with Gasteiger partial charge in [-0.25, -0.2) is 4.79 Å². The molecular formula is C20H30O4S2+2. The number of rotatable bonds is 8. The van der Waals surface area contributed by atoms with E-state index < -0.39 is 0 Å². The first-order chi connectivity index (χ1) is 12.7. The number of ether oxygens (including phenoxy) is 3. The summed E-state index contributed by atoms with van der Waals surface area (Å²) in [5.74, 6) is 8.84. The van der Waals surface area contributed by atoms with Gasteiger partial charge in [0.25, 0.3) is 0 Å². The maximum absolute atomic E-state index is 11.6. The zero-order valence-electron chi connectivity index (χ0n) is 15.9. The molecular weight excluding hydrogens is 368 g/mol. The Labute approximate surface area is 162 Å². The van der Waals surface area contributed by atoms with E-state index in [4.69, 9.17) is 14.2 Å². The third-order valence-electron chi connectivity index (χ3n) is 4.99. The molecule has 144 valence electrons. The van der Waals surface area contributed by atoms with Gasteiger partial charge in [-0.15, -0.1) is 0 Å². The Morgan fingerprint density at radius 2 is 1.38 bits per heavy atom. The summed E-state index contributed by atoms with van der Waals surface area (Å²) in [4.78, 5) is 11.6. The topological polar surface area (TPSA) is 44.8 Å². The first-order valence-corrected chi connectivity index (χ1v) is 12.8. The van der Waals surface area contributed by atoms with Gasteiger partial charge in [-0.1, -0.05) is 0 Å². The van der Waals surface area contributed by atoms with Crippen LogP contribution in [0.1, 0.15) is 36.8 Å². The fourth-order valence-electron chi connectivity index (χ4n) is 3.55. The third kappa shape index (κ3) is 5.26. The second kappa shape index (κ2) is 9.79. The summed E-state index contributed by atoms with van der Waals surface area (Å²) >= 11 is 0. The molecule has 2 aliphatic rings. The molecule has 2 heterocycles. The van der Waals surface area contributed by atoms with Crippen LogP contribution in [-0.2, 0) is 42.8 Å². The quantitative estimate of drug-likeness (QED) is 0.499. The minimum absolute atomic E-state index is 0.0330. The fraction of sp³-hybridized carbons (Fsp3) is 0.650. The van der Waals surface area contributed by atoms with Crippen LogP contribution in [0.2, 0.25) is 0 Å². The van der Waals surface area contributed by atoms with Gasteiger partial charge in [-0.3, -0.25) is 0 Å². The summed E-state index contributed by atoms with van der Waals surface area (Å²) in [6.07, 6.45) is 5.36. The predicted octanol–water partition coefficient (Wildman–Crippen LogP) is 3.07. The maximum atomic E-state index is 11.6. The molecule has 2 aliphatic heterocycles. The van der Waals surface area contributed by atoms with E-state index in [2.05, 4.69) is 12.1 Å². The Hall–Kier alpha value is -1.01. The highest BCUT2D eigenvalue weighted by molar-refractivity contribution is 7.96. The van der Waals surface area contributed by atoms with Crippen LogP contribution in [0.3, 0.4) is 0 Å². The van der Waals surface area contributed by atoms with Gasteiger partial charge in [-0.2, -0.15) is 0 Å². The maximum Gasteiger partial charge on any atom is 0.343 e. The number of hydrogen-bond donors (Lipinski definition) is 0. The van der Waals surface area contributed by atoms with Gasteiger partial charge in [0, 0.05) is 11.1 Å². The van der Waals surface area contributed by atoms with Gasteiger partial charge in [0.15, 0.2) is 6.61 Å². The van der Waals surface area contributed by atoms with Crippen LogP contribution in [0.5, 0.6) is 11.5 Å². The number of carbonyl (C=O) groups excluding carboxylic acids is 1. The standard InChI is InChI=1S/C20H30O4S2/c1-22-18-11-17(15-26-9-5-6-10-26)19(24-13-20(21)23-2)12-16(18)14-25-7-3-4-8-25/h11-12H,3-10,13-15H2,1-2H3/q+2. The van der Waals surface area contributed by atoms with Crippen LogP contribution >= 0.6 is 0 Å². The van der Waals surface area contributed by atoms with Crippen molar-refractivity contribution in [1.82, 2.24) is 0 Å². The predicted molar refractivity (Wildman–Crippen MR) is 111 cm³/mol. The summed E-state index contributed by atoms with van der Waals surface area (Å²) in [5.41, 5.74) is 2.39. The Morgan fingerprint density at radius 1 is 0.885 bits per heavy atom. The molecule has 1 aromatic rings. The summed E-state index contributed by atoms with van der Waals surface area (Å²) in [5, 5.41) is 0. The Morgan fingerprint density at radius 3 is 1.88 bits per heavy atom. The minimum atomic E-state index is -0.339. The van der Waals surface area contributed by atoms with Gasteiger partial charge in [0.1, 0.15) is 46.0 Å². The number of hydrogen-bond acceptors (Lipinski definition) is 4. The summed E-state index contributed by atoms with van der Waals surface area (Å²) in [6.45, 7) is -0.0330. The van der Waals surface area contributed by atoms with Crippen LogP contribution in [0.4, 0.5) is 0 Å². The Balaban J connectivity index is 1.82. The van der Waals surface area contributed by atoms with Gasteiger partial charge >= 0.3 is 5.97 Å². The van der Waals surface area contributed by atoms with Crippen LogP contribution in [-0.4, -0.2) is 49.8 Å². The third-order valence-corrected chi connectivity index (χ3v) is 9.89. The van der Waals surface area contributed by atoms with Gasteiger partial charge < -0.3 is 14.2 Å². The van der Waals surface area contributed by atoms with Gasteiger partial charge in [0.2, 0.25) is 0 Å². The fourth-order valence-corrected chi connectivity index (χ4v) is 8.31. The molecule has 1 aromatic carbocycles. The van der Waals surface area contributed by atoms with Crippen molar-refractivity contribution in [1.29, 1.82) is 0 Å². The van der Waals surface area contributed by atoms with E-state index in [0.717, 1.165) is 23.0 Å². The number of carbonyl (C=O) groups is 1. The molecule has 6 heteroatoms. The largest absolute Gasteiger partial charge is 0.496 e. The van der Waals surface area contributed by atoms with Crippen LogP contribution < -0.4 is 9.47 Å². The summed E-state index contributed by atoms with van der Waals surface area (Å²) in [6, 6.07) is 4.29. The highest BCUT2D eigenvalue weighted by Crippen LogP contribution is 2.34. The molecule has 0 radical (unpaired) electrons. The summed E-state index contributed by atoms with van der Waals surface area (Å²) in [7, 11) is 4.03.